The Balaban J connectivity index is 1.48. The van der Waals surface area contributed by atoms with Gasteiger partial charge in [-0.3, -0.25) is 9.67 Å². The Morgan fingerprint density at radius 3 is 2.60 bits per heavy atom. The van der Waals surface area contributed by atoms with Crippen LogP contribution in [0, 0.1) is 0 Å². The Morgan fingerprint density at radius 2 is 1.84 bits per heavy atom. The standard InChI is InChI=1S/C17H16N8/c1-2-5-19-15(4-1)16-21-10-14(11-22-16)17-20-6-9-24(17)7-3-8-25-13-18-12-23-25/h1-2,4-6,9-13H,3,7-8H2. The largest absolute Gasteiger partial charge is 0.331 e. The zero-order chi connectivity index (χ0) is 16.9. The van der Waals surface area contributed by atoms with Gasteiger partial charge in [-0.2, -0.15) is 5.10 Å². The third-order valence-corrected chi connectivity index (χ3v) is 3.77. The normalized spacial score (nSPS) is 10.9. The molecule has 8 heteroatoms. The Kier molecular flexibility index (Phi) is 4.23. The van der Waals surface area contributed by atoms with Crippen molar-refractivity contribution in [2.24, 2.45) is 0 Å². The highest BCUT2D eigenvalue weighted by Gasteiger charge is 2.08. The van der Waals surface area contributed by atoms with Gasteiger partial charge in [0.25, 0.3) is 0 Å². The number of rotatable bonds is 6. The van der Waals surface area contributed by atoms with Crippen molar-refractivity contribution in [3.05, 3.63) is 61.8 Å². The first-order chi connectivity index (χ1) is 12.4. The molecule has 0 bridgehead atoms. The maximum atomic E-state index is 4.44. The summed E-state index contributed by atoms with van der Waals surface area (Å²) in [5.41, 5.74) is 1.63. The Hall–Kier alpha value is -3.42. The molecule has 0 aliphatic carbocycles. The summed E-state index contributed by atoms with van der Waals surface area (Å²) in [5, 5.41) is 4.11. The summed E-state index contributed by atoms with van der Waals surface area (Å²) in [6.07, 6.45) is 13.2. The maximum absolute atomic E-state index is 4.44. The first-order valence-electron chi connectivity index (χ1n) is 7.97. The minimum atomic E-state index is 0.605. The third kappa shape index (κ3) is 3.42. The number of aromatic nitrogens is 8. The van der Waals surface area contributed by atoms with Crippen LogP contribution in [0.4, 0.5) is 0 Å². The van der Waals surface area contributed by atoms with Crippen molar-refractivity contribution in [2.75, 3.05) is 0 Å². The van der Waals surface area contributed by atoms with E-state index in [-0.39, 0.29) is 0 Å². The quantitative estimate of drug-likeness (QED) is 0.537. The molecule has 4 aromatic heterocycles. The lowest BCUT2D eigenvalue weighted by molar-refractivity contribution is 0.528. The molecule has 0 atom stereocenters. The molecule has 0 radical (unpaired) electrons. The molecule has 8 nitrogen and oxygen atoms in total. The van der Waals surface area contributed by atoms with Gasteiger partial charge in [0, 0.05) is 44.1 Å². The van der Waals surface area contributed by atoms with Gasteiger partial charge in [0.05, 0.1) is 5.56 Å². The average molecular weight is 332 g/mol. The van der Waals surface area contributed by atoms with Crippen LogP contribution in [0.5, 0.6) is 0 Å². The highest BCUT2D eigenvalue weighted by atomic mass is 15.3. The highest BCUT2D eigenvalue weighted by Crippen LogP contribution is 2.18. The second kappa shape index (κ2) is 7.00. The molecule has 0 amide bonds. The summed E-state index contributed by atoms with van der Waals surface area (Å²) < 4.78 is 3.91. The summed E-state index contributed by atoms with van der Waals surface area (Å²) >= 11 is 0. The zero-order valence-corrected chi connectivity index (χ0v) is 13.5. The molecule has 0 saturated heterocycles. The average Bonchev–Trinajstić information content (AvgIpc) is 3.35. The van der Waals surface area contributed by atoms with E-state index in [4.69, 9.17) is 0 Å². The number of aryl methyl sites for hydroxylation is 2. The van der Waals surface area contributed by atoms with E-state index in [1.807, 2.05) is 29.1 Å². The summed E-state index contributed by atoms with van der Waals surface area (Å²) in [5.74, 6) is 1.46. The van der Waals surface area contributed by atoms with Crippen LogP contribution in [0.25, 0.3) is 22.9 Å². The molecule has 0 fully saturated rings. The van der Waals surface area contributed by atoms with Crippen LogP contribution >= 0.6 is 0 Å². The molecule has 0 N–H and O–H groups in total. The van der Waals surface area contributed by atoms with Crippen LogP contribution in [-0.2, 0) is 13.1 Å². The molecule has 0 saturated carbocycles. The molecule has 4 aromatic rings. The molecular formula is C17H16N8. The van der Waals surface area contributed by atoms with E-state index >= 15 is 0 Å². The number of hydrogen-bond acceptors (Lipinski definition) is 6. The molecule has 4 rings (SSSR count). The SMILES string of the molecule is c1ccc(-c2ncc(-c3nccn3CCCn3cncn3)cn2)nc1. The molecule has 0 aliphatic rings. The van der Waals surface area contributed by atoms with E-state index < -0.39 is 0 Å². The summed E-state index contributed by atoms with van der Waals surface area (Å²) in [6.45, 7) is 1.64. The first-order valence-corrected chi connectivity index (χ1v) is 7.97. The molecular weight excluding hydrogens is 316 g/mol. The van der Waals surface area contributed by atoms with Crippen LogP contribution < -0.4 is 0 Å². The van der Waals surface area contributed by atoms with Crippen LogP contribution in [0.3, 0.4) is 0 Å². The number of nitrogens with zero attached hydrogens (tertiary/aromatic N) is 8. The minimum absolute atomic E-state index is 0.605. The van der Waals surface area contributed by atoms with Gasteiger partial charge in [0.2, 0.25) is 0 Å². The molecule has 0 unspecified atom stereocenters. The molecule has 0 aliphatic heterocycles. The van der Waals surface area contributed by atoms with Crippen LogP contribution in [-0.4, -0.2) is 39.3 Å². The smallest absolute Gasteiger partial charge is 0.178 e. The molecule has 124 valence electrons. The van der Waals surface area contributed by atoms with E-state index in [0.29, 0.717) is 5.82 Å². The fraction of sp³-hybridized carbons (Fsp3) is 0.176. The van der Waals surface area contributed by atoms with Crippen LogP contribution in [0.2, 0.25) is 0 Å². The Bertz CT molecular complexity index is 913. The predicted molar refractivity (Wildman–Crippen MR) is 91.1 cm³/mol. The van der Waals surface area contributed by atoms with Crippen molar-refractivity contribution in [3.63, 3.8) is 0 Å². The van der Waals surface area contributed by atoms with E-state index in [2.05, 4.69) is 34.6 Å². The van der Waals surface area contributed by atoms with E-state index in [1.54, 1.807) is 37.4 Å². The van der Waals surface area contributed by atoms with Gasteiger partial charge in [-0.1, -0.05) is 6.07 Å². The van der Waals surface area contributed by atoms with Gasteiger partial charge in [-0.25, -0.2) is 19.9 Å². The first kappa shape index (κ1) is 15.1. The number of imidazole rings is 1. The van der Waals surface area contributed by atoms with Crippen molar-refractivity contribution in [1.82, 2.24) is 39.3 Å². The van der Waals surface area contributed by atoms with E-state index in [0.717, 1.165) is 36.6 Å². The second-order valence-corrected chi connectivity index (χ2v) is 5.47. The van der Waals surface area contributed by atoms with Gasteiger partial charge < -0.3 is 4.57 Å². The topological polar surface area (TPSA) is 87.2 Å². The summed E-state index contributed by atoms with van der Waals surface area (Å²) in [4.78, 5) is 21.5. The maximum Gasteiger partial charge on any atom is 0.178 e. The lowest BCUT2D eigenvalue weighted by Crippen LogP contribution is -2.05. The second-order valence-electron chi connectivity index (χ2n) is 5.47. The fourth-order valence-corrected chi connectivity index (χ4v) is 2.57. The van der Waals surface area contributed by atoms with Crippen molar-refractivity contribution >= 4 is 0 Å². The van der Waals surface area contributed by atoms with Gasteiger partial charge in [-0.15, -0.1) is 0 Å². The lowest BCUT2D eigenvalue weighted by atomic mass is 10.3. The van der Waals surface area contributed by atoms with Gasteiger partial charge in [0.1, 0.15) is 24.2 Å². The van der Waals surface area contributed by atoms with Crippen molar-refractivity contribution in [2.45, 2.75) is 19.5 Å². The van der Waals surface area contributed by atoms with Gasteiger partial charge in [0.15, 0.2) is 5.82 Å². The number of hydrogen-bond donors (Lipinski definition) is 0. The Labute approximate surface area is 144 Å². The van der Waals surface area contributed by atoms with Gasteiger partial charge >= 0.3 is 0 Å². The predicted octanol–water partition coefficient (Wildman–Crippen LogP) is 2.08. The molecule has 4 heterocycles. The van der Waals surface area contributed by atoms with Crippen LogP contribution in [0.15, 0.2) is 61.8 Å². The van der Waals surface area contributed by atoms with Crippen molar-refractivity contribution < 1.29 is 0 Å². The number of pyridine rings is 1. The highest BCUT2D eigenvalue weighted by molar-refractivity contribution is 5.56. The van der Waals surface area contributed by atoms with E-state index in [1.165, 1.54) is 0 Å². The fourth-order valence-electron chi connectivity index (χ4n) is 2.57. The van der Waals surface area contributed by atoms with Crippen molar-refractivity contribution in [1.29, 1.82) is 0 Å². The lowest BCUT2D eigenvalue weighted by Gasteiger charge is -2.08. The van der Waals surface area contributed by atoms with E-state index in [9.17, 15) is 0 Å². The Morgan fingerprint density at radius 1 is 0.920 bits per heavy atom. The van der Waals surface area contributed by atoms with Gasteiger partial charge in [-0.05, 0) is 18.6 Å². The molecule has 25 heavy (non-hydrogen) atoms. The minimum Gasteiger partial charge on any atom is -0.331 e. The summed E-state index contributed by atoms with van der Waals surface area (Å²) in [7, 11) is 0. The summed E-state index contributed by atoms with van der Waals surface area (Å²) in [6, 6.07) is 5.68. The van der Waals surface area contributed by atoms with Crippen molar-refractivity contribution in [3.8, 4) is 22.9 Å². The zero-order valence-electron chi connectivity index (χ0n) is 13.5. The molecule has 0 spiro atoms. The third-order valence-electron chi connectivity index (χ3n) is 3.77. The van der Waals surface area contributed by atoms with Crippen LogP contribution in [0.1, 0.15) is 6.42 Å². The monoisotopic (exact) mass is 332 g/mol. The molecule has 0 aromatic carbocycles.